The number of hydrogen-bond acceptors (Lipinski definition) is 3. The van der Waals surface area contributed by atoms with Crippen LogP contribution in [0.4, 0.5) is 0 Å². The van der Waals surface area contributed by atoms with Crippen molar-refractivity contribution < 1.29 is 4.74 Å². The Morgan fingerprint density at radius 1 is 1.12 bits per heavy atom. The molecule has 0 spiro atoms. The second-order valence-electron chi connectivity index (χ2n) is 4.35. The summed E-state index contributed by atoms with van der Waals surface area (Å²) < 4.78 is 5.30. The van der Waals surface area contributed by atoms with Gasteiger partial charge < -0.3 is 4.74 Å². The minimum atomic E-state index is 0.881. The zero-order valence-corrected chi connectivity index (χ0v) is 10.4. The van der Waals surface area contributed by atoms with Gasteiger partial charge in [0.15, 0.2) is 0 Å². The number of rotatable bonds is 3. The highest BCUT2D eigenvalue weighted by Gasteiger charge is 2.05. The van der Waals surface area contributed by atoms with Gasteiger partial charge in [-0.1, -0.05) is 25.0 Å². The van der Waals surface area contributed by atoms with Crippen molar-refractivity contribution in [3.63, 3.8) is 0 Å². The van der Waals surface area contributed by atoms with Gasteiger partial charge in [0, 0.05) is 18.7 Å². The predicted octanol–water partition coefficient (Wildman–Crippen LogP) is 2.91. The summed E-state index contributed by atoms with van der Waals surface area (Å²) in [6.07, 6.45) is 7.08. The van der Waals surface area contributed by atoms with Crippen LogP contribution in [0.25, 0.3) is 0 Å². The standard InChI is InChI=1S/C14H20N2O/c1-17-14-9-5-4-8-13(14)12-15-16-10-6-2-3-7-11-16/h4-5,8-9,12H,2-3,6-7,10-11H2,1H3/b15-12+. The number of hydrogen-bond donors (Lipinski definition) is 0. The lowest BCUT2D eigenvalue weighted by Gasteiger charge is -2.15. The molecule has 92 valence electrons. The molecule has 17 heavy (non-hydrogen) atoms. The van der Waals surface area contributed by atoms with Crippen molar-refractivity contribution in [2.24, 2.45) is 5.10 Å². The molecule has 2 rings (SSSR count). The number of benzene rings is 1. The number of hydrazone groups is 1. The molecule has 1 aromatic rings. The molecular formula is C14H20N2O. The molecule has 1 saturated heterocycles. The van der Waals surface area contributed by atoms with E-state index >= 15 is 0 Å². The fourth-order valence-corrected chi connectivity index (χ4v) is 2.09. The van der Waals surface area contributed by atoms with E-state index in [-0.39, 0.29) is 0 Å². The van der Waals surface area contributed by atoms with E-state index < -0.39 is 0 Å². The third kappa shape index (κ3) is 3.48. The molecule has 3 nitrogen and oxygen atoms in total. The Morgan fingerprint density at radius 3 is 2.53 bits per heavy atom. The Kier molecular flexibility index (Phi) is 4.42. The van der Waals surface area contributed by atoms with Gasteiger partial charge in [-0.25, -0.2) is 0 Å². The monoisotopic (exact) mass is 232 g/mol. The molecule has 0 aliphatic carbocycles. The van der Waals surface area contributed by atoms with Crippen LogP contribution in [0.1, 0.15) is 31.2 Å². The van der Waals surface area contributed by atoms with Crippen molar-refractivity contribution in [2.45, 2.75) is 25.7 Å². The van der Waals surface area contributed by atoms with Crippen LogP contribution in [-0.4, -0.2) is 31.4 Å². The number of para-hydroxylation sites is 1. The molecule has 0 N–H and O–H groups in total. The van der Waals surface area contributed by atoms with Crippen LogP contribution >= 0.6 is 0 Å². The molecule has 1 aromatic carbocycles. The predicted molar refractivity (Wildman–Crippen MR) is 70.6 cm³/mol. The van der Waals surface area contributed by atoms with Crippen LogP contribution in [0, 0.1) is 0 Å². The molecule has 0 radical (unpaired) electrons. The number of nitrogens with zero attached hydrogens (tertiary/aromatic N) is 2. The zero-order valence-electron chi connectivity index (χ0n) is 10.4. The SMILES string of the molecule is COc1ccccc1/C=N/N1CCCCCC1. The Bertz CT molecular complexity index is 368. The molecule has 1 fully saturated rings. The Hall–Kier alpha value is -1.51. The van der Waals surface area contributed by atoms with E-state index in [0.717, 1.165) is 24.4 Å². The highest BCUT2D eigenvalue weighted by atomic mass is 16.5. The Balaban J connectivity index is 2.03. The van der Waals surface area contributed by atoms with E-state index in [9.17, 15) is 0 Å². The van der Waals surface area contributed by atoms with Gasteiger partial charge in [0.1, 0.15) is 5.75 Å². The summed E-state index contributed by atoms with van der Waals surface area (Å²) in [5.74, 6) is 0.881. The summed E-state index contributed by atoms with van der Waals surface area (Å²) in [4.78, 5) is 0. The van der Waals surface area contributed by atoms with Gasteiger partial charge in [-0.15, -0.1) is 0 Å². The van der Waals surface area contributed by atoms with Crippen LogP contribution in [0.15, 0.2) is 29.4 Å². The van der Waals surface area contributed by atoms with E-state index in [1.54, 1.807) is 7.11 Å². The molecule has 0 bridgehead atoms. The lowest BCUT2D eigenvalue weighted by atomic mass is 10.2. The fourth-order valence-electron chi connectivity index (χ4n) is 2.09. The Labute approximate surface area is 103 Å². The first kappa shape index (κ1) is 12.0. The van der Waals surface area contributed by atoms with Gasteiger partial charge in [0.05, 0.1) is 13.3 Å². The molecule has 0 aromatic heterocycles. The zero-order chi connectivity index (χ0) is 11.9. The van der Waals surface area contributed by atoms with Gasteiger partial charge in [0.25, 0.3) is 0 Å². The van der Waals surface area contributed by atoms with Crippen molar-refractivity contribution in [3.8, 4) is 5.75 Å². The van der Waals surface area contributed by atoms with Crippen LogP contribution in [-0.2, 0) is 0 Å². The van der Waals surface area contributed by atoms with E-state index in [2.05, 4.69) is 10.1 Å². The molecule has 1 heterocycles. The third-order valence-electron chi connectivity index (χ3n) is 3.08. The van der Waals surface area contributed by atoms with E-state index in [1.807, 2.05) is 30.5 Å². The van der Waals surface area contributed by atoms with Crippen molar-refractivity contribution in [1.82, 2.24) is 5.01 Å². The van der Waals surface area contributed by atoms with Gasteiger partial charge >= 0.3 is 0 Å². The maximum Gasteiger partial charge on any atom is 0.127 e. The molecular weight excluding hydrogens is 212 g/mol. The van der Waals surface area contributed by atoms with Crippen molar-refractivity contribution in [1.29, 1.82) is 0 Å². The lowest BCUT2D eigenvalue weighted by Crippen LogP contribution is -2.18. The minimum Gasteiger partial charge on any atom is -0.496 e. The summed E-state index contributed by atoms with van der Waals surface area (Å²) in [6, 6.07) is 7.97. The smallest absolute Gasteiger partial charge is 0.127 e. The van der Waals surface area contributed by atoms with E-state index in [0.29, 0.717) is 0 Å². The summed E-state index contributed by atoms with van der Waals surface area (Å²) >= 11 is 0. The highest BCUT2D eigenvalue weighted by Crippen LogP contribution is 2.15. The lowest BCUT2D eigenvalue weighted by molar-refractivity contribution is 0.302. The molecule has 0 unspecified atom stereocenters. The number of methoxy groups -OCH3 is 1. The van der Waals surface area contributed by atoms with Crippen LogP contribution in [0.5, 0.6) is 5.75 Å². The normalized spacial score (nSPS) is 17.1. The molecule has 0 atom stereocenters. The van der Waals surface area contributed by atoms with Gasteiger partial charge in [0.2, 0.25) is 0 Å². The molecule has 0 saturated carbocycles. The van der Waals surface area contributed by atoms with E-state index in [1.165, 1.54) is 25.7 Å². The molecule has 3 heteroatoms. The van der Waals surface area contributed by atoms with Crippen LogP contribution < -0.4 is 4.74 Å². The second kappa shape index (κ2) is 6.28. The summed E-state index contributed by atoms with van der Waals surface area (Å²) in [6.45, 7) is 2.15. The van der Waals surface area contributed by atoms with Gasteiger partial charge in [-0.2, -0.15) is 5.10 Å². The minimum absolute atomic E-state index is 0.881. The fraction of sp³-hybridized carbons (Fsp3) is 0.500. The number of ether oxygens (including phenoxy) is 1. The Morgan fingerprint density at radius 2 is 1.82 bits per heavy atom. The van der Waals surface area contributed by atoms with Crippen LogP contribution in [0.3, 0.4) is 0 Å². The topological polar surface area (TPSA) is 24.8 Å². The maximum absolute atomic E-state index is 5.30. The van der Waals surface area contributed by atoms with Gasteiger partial charge in [-0.05, 0) is 25.0 Å². The first-order chi connectivity index (χ1) is 8.40. The van der Waals surface area contributed by atoms with Crippen molar-refractivity contribution in [3.05, 3.63) is 29.8 Å². The molecule has 0 amide bonds. The first-order valence-corrected chi connectivity index (χ1v) is 6.32. The largest absolute Gasteiger partial charge is 0.496 e. The summed E-state index contributed by atoms with van der Waals surface area (Å²) in [5.41, 5.74) is 1.04. The average Bonchev–Trinajstić information content (AvgIpc) is 2.65. The summed E-state index contributed by atoms with van der Waals surface area (Å²) in [5, 5.41) is 6.72. The third-order valence-corrected chi connectivity index (χ3v) is 3.08. The molecule has 1 aliphatic rings. The highest BCUT2D eigenvalue weighted by molar-refractivity contribution is 5.83. The maximum atomic E-state index is 5.30. The quantitative estimate of drug-likeness (QED) is 0.749. The first-order valence-electron chi connectivity index (χ1n) is 6.32. The average molecular weight is 232 g/mol. The van der Waals surface area contributed by atoms with Crippen molar-refractivity contribution in [2.75, 3.05) is 20.2 Å². The second-order valence-corrected chi connectivity index (χ2v) is 4.35. The molecule has 1 aliphatic heterocycles. The van der Waals surface area contributed by atoms with Gasteiger partial charge in [-0.3, -0.25) is 5.01 Å². The summed E-state index contributed by atoms with van der Waals surface area (Å²) in [7, 11) is 1.69. The van der Waals surface area contributed by atoms with E-state index in [4.69, 9.17) is 4.74 Å². The van der Waals surface area contributed by atoms with Crippen molar-refractivity contribution >= 4 is 6.21 Å². The van der Waals surface area contributed by atoms with Crippen LogP contribution in [0.2, 0.25) is 0 Å².